The van der Waals surface area contributed by atoms with Crippen LogP contribution in [-0.2, 0) is 10.0 Å². The minimum absolute atomic E-state index is 0.0967. The van der Waals surface area contributed by atoms with E-state index in [0.29, 0.717) is 39.3 Å². The molecule has 0 aliphatic heterocycles. The molecule has 0 unspecified atom stereocenters. The van der Waals surface area contributed by atoms with Gasteiger partial charge in [-0.15, -0.1) is 0 Å². The molecule has 180 valence electrons. The number of alkyl halides is 3. The third-order valence-electron chi connectivity index (χ3n) is 6.01. The van der Waals surface area contributed by atoms with Crippen molar-refractivity contribution in [3.05, 3.63) is 35.7 Å². The Morgan fingerprint density at radius 1 is 1.26 bits per heavy atom. The number of ether oxygens (including phenoxy) is 1. The fraction of sp³-hybridized carbons (Fsp3) is 0.409. The summed E-state index contributed by atoms with van der Waals surface area (Å²) in [4.78, 5) is 8.41. The maximum absolute atomic E-state index is 12.9. The van der Waals surface area contributed by atoms with E-state index >= 15 is 0 Å². The molecule has 1 atom stereocenters. The van der Waals surface area contributed by atoms with Gasteiger partial charge in [0.15, 0.2) is 0 Å². The van der Waals surface area contributed by atoms with Gasteiger partial charge in [-0.25, -0.2) is 13.4 Å². The standard InChI is InChI=1S/C22H22F3N5O3S/c1-12-7-16(34(31,32)29-13(2)22(23,24)25)11-27-19(12)20-18(9-26)17-8-15(33-3)10-28-21(17)30(20)14-5-4-6-14/h7-8,10-11,13-14,29H,4-6H2,1-3H3/t13-/m0/s1. The van der Waals surface area contributed by atoms with Crippen LogP contribution in [0, 0.1) is 18.3 Å². The molecule has 4 rings (SSSR count). The first-order valence-corrected chi connectivity index (χ1v) is 12.0. The van der Waals surface area contributed by atoms with Crippen molar-refractivity contribution < 1.29 is 26.3 Å². The van der Waals surface area contributed by atoms with Gasteiger partial charge in [0, 0.05) is 17.6 Å². The highest BCUT2D eigenvalue weighted by Crippen LogP contribution is 2.42. The van der Waals surface area contributed by atoms with Gasteiger partial charge in [0.05, 0.1) is 30.3 Å². The Morgan fingerprint density at radius 2 is 1.97 bits per heavy atom. The van der Waals surface area contributed by atoms with Crippen LogP contribution in [0.3, 0.4) is 0 Å². The second kappa shape index (κ2) is 8.56. The Bertz CT molecular complexity index is 1410. The lowest BCUT2D eigenvalue weighted by Gasteiger charge is -2.29. The van der Waals surface area contributed by atoms with Gasteiger partial charge < -0.3 is 9.30 Å². The Balaban J connectivity index is 1.86. The molecule has 1 N–H and O–H groups in total. The molecule has 1 aliphatic carbocycles. The van der Waals surface area contributed by atoms with Crippen molar-refractivity contribution in [2.75, 3.05) is 7.11 Å². The second-order valence-electron chi connectivity index (χ2n) is 8.26. The Labute approximate surface area is 194 Å². The lowest BCUT2D eigenvalue weighted by Crippen LogP contribution is -2.43. The third-order valence-corrected chi connectivity index (χ3v) is 7.52. The topological polar surface area (TPSA) is 110 Å². The van der Waals surface area contributed by atoms with Gasteiger partial charge in [0.1, 0.15) is 28.4 Å². The normalized spacial score (nSPS) is 15.7. The maximum atomic E-state index is 12.9. The number of nitriles is 1. The summed E-state index contributed by atoms with van der Waals surface area (Å²) in [6.45, 7) is 2.33. The zero-order chi connectivity index (χ0) is 24.8. The van der Waals surface area contributed by atoms with Crippen LogP contribution in [0.5, 0.6) is 5.75 Å². The zero-order valence-corrected chi connectivity index (χ0v) is 19.5. The number of sulfonamides is 1. The number of aromatic nitrogens is 3. The zero-order valence-electron chi connectivity index (χ0n) is 18.6. The number of fused-ring (bicyclic) bond motifs is 1. The molecular weight excluding hydrogens is 471 g/mol. The van der Waals surface area contributed by atoms with E-state index in [1.54, 1.807) is 23.9 Å². The molecule has 0 saturated heterocycles. The monoisotopic (exact) mass is 493 g/mol. The van der Waals surface area contributed by atoms with Gasteiger partial charge in [-0.1, -0.05) is 0 Å². The second-order valence-corrected chi connectivity index (χ2v) is 9.97. The fourth-order valence-electron chi connectivity index (χ4n) is 3.94. The van der Waals surface area contributed by atoms with Crippen molar-refractivity contribution >= 4 is 21.1 Å². The molecule has 0 radical (unpaired) electrons. The fourth-order valence-corrected chi connectivity index (χ4v) is 5.20. The minimum Gasteiger partial charge on any atom is -0.495 e. The SMILES string of the molecule is COc1cnc2c(c1)c(C#N)c(-c1ncc(S(=O)(=O)N[C@@H](C)C(F)(F)F)cc1C)n2C1CCC1. The average molecular weight is 494 g/mol. The molecule has 1 aliphatic rings. The average Bonchev–Trinajstić information content (AvgIpc) is 3.04. The van der Waals surface area contributed by atoms with E-state index < -0.39 is 27.1 Å². The number of nitrogens with one attached hydrogen (secondary N) is 1. The molecule has 3 aromatic rings. The first kappa shape index (κ1) is 24.0. The van der Waals surface area contributed by atoms with Gasteiger partial charge in [-0.05, 0) is 50.8 Å². The Hall–Kier alpha value is -3.17. The summed E-state index contributed by atoms with van der Waals surface area (Å²) in [5.74, 6) is 0.484. The highest BCUT2D eigenvalue weighted by atomic mass is 32.2. The van der Waals surface area contributed by atoms with Crippen molar-refractivity contribution in [2.45, 2.75) is 56.3 Å². The van der Waals surface area contributed by atoms with Crippen molar-refractivity contribution in [3.63, 3.8) is 0 Å². The number of hydrogen-bond donors (Lipinski definition) is 1. The smallest absolute Gasteiger partial charge is 0.404 e. The van der Waals surface area contributed by atoms with E-state index in [-0.39, 0.29) is 6.04 Å². The summed E-state index contributed by atoms with van der Waals surface area (Å²) in [6.07, 6.45) is 0.640. The van der Waals surface area contributed by atoms with E-state index in [4.69, 9.17) is 4.74 Å². The number of hydrogen-bond acceptors (Lipinski definition) is 6. The summed E-state index contributed by atoms with van der Waals surface area (Å²) in [6, 6.07) is 3.03. The molecule has 34 heavy (non-hydrogen) atoms. The highest BCUT2D eigenvalue weighted by Gasteiger charge is 2.39. The van der Waals surface area contributed by atoms with Crippen LogP contribution in [-0.4, -0.2) is 42.3 Å². The lowest BCUT2D eigenvalue weighted by atomic mass is 9.92. The van der Waals surface area contributed by atoms with Gasteiger partial charge >= 0.3 is 6.18 Å². The van der Waals surface area contributed by atoms with E-state index in [9.17, 15) is 26.9 Å². The summed E-state index contributed by atoms with van der Waals surface area (Å²) >= 11 is 0. The number of methoxy groups -OCH3 is 1. The molecule has 3 heterocycles. The molecule has 1 fully saturated rings. The molecular formula is C22H22F3N5O3S. The summed E-state index contributed by atoms with van der Waals surface area (Å²) in [7, 11) is -2.97. The van der Waals surface area contributed by atoms with E-state index in [0.717, 1.165) is 32.4 Å². The maximum Gasteiger partial charge on any atom is 0.404 e. The van der Waals surface area contributed by atoms with Crippen LogP contribution in [0.1, 0.15) is 43.4 Å². The highest BCUT2D eigenvalue weighted by molar-refractivity contribution is 7.89. The summed E-state index contributed by atoms with van der Waals surface area (Å²) < 4.78 is 72.5. The van der Waals surface area contributed by atoms with Crippen LogP contribution in [0.4, 0.5) is 13.2 Å². The Morgan fingerprint density at radius 3 is 2.50 bits per heavy atom. The largest absolute Gasteiger partial charge is 0.495 e. The predicted molar refractivity (Wildman–Crippen MR) is 118 cm³/mol. The lowest BCUT2D eigenvalue weighted by molar-refractivity contribution is -0.147. The molecule has 3 aromatic heterocycles. The van der Waals surface area contributed by atoms with Crippen molar-refractivity contribution in [1.82, 2.24) is 19.3 Å². The number of halogens is 3. The van der Waals surface area contributed by atoms with Crippen molar-refractivity contribution in [1.29, 1.82) is 5.26 Å². The van der Waals surface area contributed by atoms with Gasteiger partial charge in [-0.3, -0.25) is 4.98 Å². The van der Waals surface area contributed by atoms with E-state index in [1.165, 1.54) is 13.2 Å². The number of aryl methyl sites for hydroxylation is 1. The quantitative estimate of drug-likeness (QED) is 0.550. The summed E-state index contributed by atoms with van der Waals surface area (Å²) in [5, 5.41) is 10.6. The van der Waals surface area contributed by atoms with Crippen LogP contribution >= 0.6 is 0 Å². The van der Waals surface area contributed by atoms with Gasteiger partial charge in [-0.2, -0.15) is 23.2 Å². The molecule has 12 heteroatoms. The van der Waals surface area contributed by atoms with Gasteiger partial charge in [0.25, 0.3) is 0 Å². The van der Waals surface area contributed by atoms with Crippen LogP contribution in [0.2, 0.25) is 0 Å². The van der Waals surface area contributed by atoms with Crippen LogP contribution in [0.15, 0.2) is 29.4 Å². The first-order valence-electron chi connectivity index (χ1n) is 10.5. The number of rotatable bonds is 6. The van der Waals surface area contributed by atoms with Crippen LogP contribution < -0.4 is 9.46 Å². The number of pyridine rings is 2. The molecule has 8 nitrogen and oxygen atoms in total. The van der Waals surface area contributed by atoms with Crippen LogP contribution in [0.25, 0.3) is 22.4 Å². The van der Waals surface area contributed by atoms with Gasteiger partial charge in [0.2, 0.25) is 10.0 Å². The predicted octanol–water partition coefficient (Wildman–Crippen LogP) is 4.24. The molecule has 0 aromatic carbocycles. The number of nitrogens with zero attached hydrogens (tertiary/aromatic N) is 4. The molecule has 0 amide bonds. The molecule has 0 spiro atoms. The minimum atomic E-state index is -4.73. The molecule has 1 saturated carbocycles. The molecule has 0 bridgehead atoms. The summed E-state index contributed by atoms with van der Waals surface area (Å²) in [5.41, 5.74) is 2.18. The first-order chi connectivity index (χ1) is 16.0. The van der Waals surface area contributed by atoms with Crippen molar-refractivity contribution in [2.24, 2.45) is 0 Å². The van der Waals surface area contributed by atoms with E-state index in [1.807, 2.05) is 4.57 Å². The Kier molecular flexibility index (Phi) is 6.03. The van der Waals surface area contributed by atoms with Crippen molar-refractivity contribution in [3.8, 4) is 23.2 Å². The van der Waals surface area contributed by atoms with E-state index in [2.05, 4.69) is 16.0 Å². The third kappa shape index (κ3) is 4.10.